The summed E-state index contributed by atoms with van der Waals surface area (Å²) >= 11 is 1.10. The van der Waals surface area contributed by atoms with Crippen molar-refractivity contribution in [3.63, 3.8) is 0 Å². The molecule has 0 radical (unpaired) electrons. The third-order valence-corrected chi connectivity index (χ3v) is 5.60. The lowest BCUT2D eigenvalue weighted by Crippen LogP contribution is -2.24. The molecule has 3 rings (SSSR count). The van der Waals surface area contributed by atoms with Crippen molar-refractivity contribution in [3.8, 4) is 5.75 Å². The molecule has 30 heavy (non-hydrogen) atoms. The van der Waals surface area contributed by atoms with Crippen LogP contribution in [0.5, 0.6) is 5.75 Å². The maximum absolute atomic E-state index is 12.9. The number of Topliss-reactive ketones (excluding diaryl/α,β-unsaturated/α-hetero) is 1. The molecule has 0 N–H and O–H groups in total. The molecule has 0 fully saturated rings. The molecule has 0 bridgehead atoms. The van der Waals surface area contributed by atoms with Crippen LogP contribution >= 0.6 is 11.3 Å². The van der Waals surface area contributed by atoms with Crippen molar-refractivity contribution >= 4 is 33.3 Å². The molecule has 0 unspecified atom stereocenters. The predicted octanol–water partition coefficient (Wildman–Crippen LogP) is 2.85. The van der Waals surface area contributed by atoms with E-state index in [0.717, 1.165) is 11.3 Å². The van der Waals surface area contributed by atoms with Gasteiger partial charge in [0.05, 0.1) is 31.5 Å². The fraction of sp³-hybridized carbons (Fsp3) is 0.333. The number of aromatic nitrogens is 2. The maximum atomic E-state index is 12.9. The molecule has 0 atom stereocenters. The van der Waals surface area contributed by atoms with E-state index in [1.54, 1.807) is 31.2 Å². The lowest BCUT2D eigenvalue weighted by molar-refractivity contribution is 0.0393. The molecule has 9 heteroatoms. The van der Waals surface area contributed by atoms with Gasteiger partial charge in [0.2, 0.25) is 0 Å². The van der Waals surface area contributed by atoms with Gasteiger partial charge in [0.15, 0.2) is 5.78 Å². The predicted molar refractivity (Wildman–Crippen MR) is 113 cm³/mol. The van der Waals surface area contributed by atoms with E-state index in [9.17, 15) is 14.4 Å². The van der Waals surface area contributed by atoms with Gasteiger partial charge in [0.25, 0.3) is 5.56 Å². The van der Waals surface area contributed by atoms with Gasteiger partial charge in [0.1, 0.15) is 22.1 Å². The molecular weight excluding hydrogens is 408 g/mol. The number of ketones is 1. The smallest absolute Gasteiger partial charge is 0.348 e. The topological polar surface area (TPSA) is 96.7 Å². The van der Waals surface area contributed by atoms with Crippen molar-refractivity contribution in [2.75, 3.05) is 26.9 Å². The lowest BCUT2D eigenvalue weighted by Gasteiger charge is -2.07. The lowest BCUT2D eigenvalue weighted by atomic mass is 10.1. The van der Waals surface area contributed by atoms with Crippen LogP contribution in [-0.2, 0) is 16.0 Å². The summed E-state index contributed by atoms with van der Waals surface area (Å²) in [7, 11) is 1.51. The highest BCUT2D eigenvalue weighted by molar-refractivity contribution is 7.20. The number of nitrogens with zero attached hydrogens (tertiary/aromatic N) is 2. The average Bonchev–Trinajstić information content (AvgIpc) is 3.08. The molecular formula is C21H22N2O6S. The number of carbonyl (C=O) groups excluding carboxylic acids is 2. The van der Waals surface area contributed by atoms with Gasteiger partial charge in [-0.15, -0.1) is 11.3 Å². The van der Waals surface area contributed by atoms with E-state index < -0.39 is 5.97 Å². The Morgan fingerprint density at radius 2 is 1.90 bits per heavy atom. The summed E-state index contributed by atoms with van der Waals surface area (Å²) in [5.41, 5.74) is 0.594. The molecule has 0 saturated carbocycles. The molecule has 2 aromatic heterocycles. The zero-order valence-electron chi connectivity index (χ0n) is 17.0. The number of rotatable bonds is 9. The molecule has 0 aliphatic carbocycles. The number of carbonyl (C=O) groups is 2. The Balaban J connectivity index is 1.84. The first kappa shape index (κ1) is 21.7. The fourth-order valence-corrected chi connectivity index (χ4v) is 3.93. The van der Waals surface area contributed by atoms with Crippen LogP contribution in [0.1, 0.15) is 32.5 Å². The van der Waals surface area contributed by atoms with Crippen LogP contribution in [0.15, 0.2) is 35.4 Å². The Bertz CT molecular complexity index is 1120. The van der Waals surface area contributed by atoms with E-state index >= 15 is 0 Å². The standard InChI is InChI=1S/C21H22N2O6S/c1-4-28-15-7-5-14(6-8-15)16(24)11-23-12-22-19-17(20(23)25)13(2)18(30-19)21(26)29-10-9-27-3/h5-8,12H,4,9-11H2,1-3H3. The first-order valence-electron chi connectivity index (χ1n) is 9.37. The number of hydrogen-bond acceptors (Lipinski definition) is 8. The Kier molecular flexibility index (Phi) is 6.96. The highest BCUT2D eigenvalue weighted by Gasteiger charge is 2.21. The Morgan fingerprint density at radius 1 is 1.17 bits per heavy atom. The van der Waals surface area contributed by atoms with Crippen LogP contribution in [0.3, 0.4) is 0 Å². The normalized spacial score (nSPS) is 10.9. The maximum Gasteiger partial charge on any atom is 0.348 e. The fourth-order valence-electron chi connectivity index (χ4n) is 2.90. The number of hydrogen-bond donors (Lipinski definition) is 0. The SMILES string of the molecule is CCOc1ccc(C(=O)Cn2cnc3sc(C(=O)OCCOC)c(C)c3c2=O)cc1. The Hall–Kier alpha value is -3.04. The minimum atomic E-state index is -0.524. The number of aryl methyl sites for hydroxylation is 1. The summed E-state index contributed by atoms with van der Waals surface area (Å²) in [6, 6.07) is 6.75. The number of esters is 1. The highest BCUT2D eigenvalue weighted by Crippen LogP contribution is 2.27. The van der Waals surface area contributed by atoms with Gasteiger partial charge in [-0.25, -0.2) is 9.78 Å². The number of thiophene rings is 1. The highest BCUT2D eigenvalue weighted by atomic mass is 32.1. The van der Waals surface area contributed by atoms with Crippen molar-refractivity contribution in [2.45, 2.75) is 20.4 Å². The number of ether oxygens (including phenoxy) is 3. The van der Waals surface area contributed by atoms with Gasteiger partial charge in [-0.05, 0) is 43.7 Å². The van der Waals surface area contributed by atoms with Crippen LogP contribution in [-0.4, -0.2) is 48.2 Å². The molecule has 3 aromatic rings. The van der Waals surface area contributed by atoms with Crippen LogP contribution in [0.25, 0.3) is 10.2 Å². The van der Waals surface area contributed by atoms with Gasteiger partial charge in [0, 0.05) is 12.7 Å². The summed E-state index contributed by atoms with van der Waals surface area (Å²) in [5, 5.41) is 0.320. The summed E-state index contributed by atoms with van der Waals surface area (Å²) in [6.07, 6.45) is 1.33. The van der Waals surface area contributed by atoms with Crippen LogP contribution < -0.4 is 10.3 Å². The first-order valence-corrected chi connectivity index (χ1v) is 10.2. The van der Waals surface area contributed by atoms with Gasteiger partial charge < -0.3 is 14.2 Å². The molecule has 0 aliphatic rings. The van der Waals surface area contributed by atoms with E-state index in [2.05, 4.69) is 4.98 Å². The third kappa shape index (κ3) is 4.58. The van der Waals surface area contributed by atoms with Gasteiger partial charge in [-0.2, -0.15) is 0 Å². The Labute approximate surface area is 177 Å². The zero-order chi connectivity index (χ0) is 21.7. The van der Waals surface area contributed by atoms with Crippen molar-refractivity contribution in [1.29, 1.82) is 0 Å². The Morgan fingerprint density at radius 3 is 2.57 bits per heavy atom. The van der Waals surface area contributed by atoms with Gasteiger partial charge >= 0.3 is 5.97 Å². The zero-order valence-corrected chi connectivity index (χ0v) is 17.8. The second kappa shape index (κ2) is 9.64. The van der Waals surface area contributed by atoms with Gasteiger partial charge in [-0.1, -0.05) is 0 Å². The summed E-state index contributed by atoms with van der Waals surface area (Å²) in [5.74, 6) is -0.0783. The largest absolute Gasteiger partial charge is 0.494 e. The second-order valence-electron chi connectivity index (χ2n) is 6.42. The van der Waals surface area contributed by atoms with Crippen molar-refractivity contribution in [2.24, 2.45) is 0 Å². The quantitative estimate of drug-likeness (QED) is 0.293. The average molecular weight is 430 g/mol. The monoisotopic (exact) mass is 430 g/mol. The van der Waals surface area contributed by atoms with E-state index in [-0.39, 0.29) is 31.1 Å². The van der Waals surface area contributed by atoms with E-state index in [4.69, 9.17) is 14.2 Å². The number of fused-ring (bicyclic) bond motifs is 1. The first-order chi connectivity index (χ1) is 14.5. The molecule has 2 heterocycles. The molecule has 0 aliphatic heterocycles. The molecule has 158 valence electrons. The summed E-state index contributed by atoms with van der Waals surface area (Å²) < 4.78 is 16.6. The van der Waals surface area contributed by atoms with Crippen molar-refractivity contribution in [1.82, 2.24) is 9.55 Å². The van der Waals surface area contributed by atoms with Crippen molar-refractivity contribution < 1.29 is 23.8 Å². The molecule has 0 spiro atoms. The third-order valence-electron chi connectivity index (χ3n) is 4.42. The number of benzene rings is 1. The number of methoxy groups -OCH3 is 1. The molecule has 0 amide bonds. The van der Waals surface area contributed by atoms with Crippen LogP contribution in [0.2, 0.25) is 0 Å². The minimum absolute atomic E-state index is 0.122. The van der Waals surface area contributed by atoms with Crippen LogP contribution in [0, 0.1) is 6.92 Å². The summed E-state index contributed by atoms with van der Waals surface area (Å²) in [6.45, 7) is 4.35. The van der Waals surface area contributed by atoms with E-state index in [1.165, 1.54) is 18.0 Å². The van der Waals surface area contributed by atoms with E-state index in [1.807, 2.05) is 6.92 Å². The van der Waals surface area contributed by atoms with Crippen molar-refractivity contribution in [3.05, 3.63) is 57.0 Å². The molecule has 8 nitrogen and oxygen atoms in total. The van der Waals surface area contributed by atoms with E-state index in [0.29, 0.717) is 38.6 Å². The summed E-state index contributed by atoms with van der Waals surface area (Å²) in [4.78, 5) is 42.8. The van der Waals surface area contributed by atoms with Crippen LogP contribution in [0.4, 0.5) is 0 Å². The molecule has 1 aromatic carbocycles. The second-order valence-corrected chi connectivity index (χ2v) is 7.42. The molecule has 0 saturated heterocycles. The minimum Gasteiger partial charge on any atom is -0.494 e. The van der Waals surface area contributed by atoms with Gasteiger partial charge in [-0.3, -0.25) is 14.2 Å².